The predicted octanol–water partition coefficient (Wildman–Crippen LogP) is 6.67. The average Bonchev–Trinajstić information content (AvgIpc) is 3.51. The molecule has 1 aliphatic carbocycles. The number of rotatable bonds is 8. The fourth-order valence-electron chi connectivity index (χ4n) is 5.23. The van der Waals surface area contributed by atoms with E-state index in [1.807, 2.05) is 0 Å². The number of fused-ring (bicyclic) bond motifs is 1. The molecule has 234 valence electrons. The van der Waals surface area contributed by atoms with Crippen molar-refractivity contribution in [1.82, 2.24) is 20.3 Å². The van der Waals surface area contributed by atoms with Crippen molar-refractivity contribution in [3.63, 3.8) is 0 Å². The van der Waals surface area contributed by atoms with Gasteiger partial charge < -0.3 is 15.0 Å². The second-order valence-corrected chi connectivity index (χ2v) is 10.7. The van der Waals surface area contributed by atoms with Gasteiger partial charge in [-0.1, -0.05) is 17.4 Å². The van der Waals surface area contributed by atoms with Crippen LogP contribution in [0.3, 0.4) is 0 Å². The van der Waals surface area contributed by atoms with Gasteiger partial charge >= 0.3 is 12.4 Å². The van der Waals surface area contributed by atoms with Crippen molar-refractivity contribution in [2.24, 2.45) is 10.4 Å². The summed E-state index contributed by atoms with van der Waals surface area (Å²) in [5.74, 6) is -1.53. The molecule has 8 nitrogen and oxygen atoms in total. The Morgan fingerprint density at radius 1 is 1.16 bits per heavy atom. The van der Waals surface area contributed by atoms with Crippen LogP contribution >= 0.6 is 0 Å². The number of nitrogens with one attached hydrogen (secondary N) is 1. The molecular weight excluding hydrogens is 597 g/mol. The molecule has 15 heteroatoms. The number of amides is 1. The smallest absolute Gasteiger partial charge is 0.422 e. The summed E-state index contributed by atoms with van der Waals surface area (Å²) in [5, 5.41) is 11.1. The number of ether oxygens (including phenoxy) is 1. The molecular formula is C29H27F7N6O2. The molecule has 2 heterocycles. The highest BCUT2D eigenvalue weighted by molar-refractivity contribution is 6.01. The number of aliphatic imine (C=N–C) groups is 1. The molecule has 0 bridgehead atoms. The van der Waals surface area contributed by atoms with Crippen LogP contribution < -0.4 is 15.0 Å². The Morgan fingerprint density at radius 2 is 1.93 bits per heavy atom. The van der Waals surface area contributed by atoms with Gasteiger partial charge in [0, 0.05) is 16.9 Å². The maximum atomic E-state index is 13.9. The Hall–Kier alpha value is -4.43. The number of carbonyl (C=O) groups is 1. The fraction of sp³-hybridized carbons (Fsp3) is 0.379. The molecule has 0 radical (unpaired) electrons. The van der Waals surface area contributed by atoms with Crippen LogP contribution in [0.25, 0.3) is 11.3 Å². The highest BCUT2D eigenvalue weighted by Crippen LogP contribution is 2.62. The molecule has 0 saturated heterocycles. The lowest BCUT2D eigenvalue weighted by atomic mass is 9.96. The minimum Gasteiger partial charge on any atom is -0.482 e. The van der Waals surface area contributed by atoms with E-state index in [0.29, 0.717) is 16.0 Å². The number of allylic oxidation sites excluding steroid dienone is 2. The maximum absolute atomic E-state index is 13.9. The quantitative estimate of drug-likeness (QED) is 0.172. The SMILES string of the molecule is C/C=C(/C)NC=Nc1ccc(-c2cn(C3CC34CCc3cc(F)ccc3N(CC(F)(F)F)C4=O)nn2)cc1OCC(F)(F)F. The number of hydrogen-bond acceptors (Lipinski definition) is 5. The van der Waals surface area contributed by atoms with Gasteiger partial charge in [-0.2, -0.15) is 26.3 Å². The van der Waals surface area contributed by atoms with Gasteiger partial charge in [0.25, 0.3) is 0 Å². The second-order valence-electron chi connectivity index (χ2n) is 10.7. The van der Waals surface area contributed by atoms with Crippen LogP contribution in [-0.2, 0) is 11.2 Å². The van der Waals surface area contributed by atoms with Crippen molar-refractivity contribution in [3.8, 4) is 17.0 Å². The Labute approximate surface area is 247 Å². The average molecular weight is 625 g/mol. The standard InChI is InChI=1S/C29H27F7N6O2/c1-3-17(2)37-16-38-21-6-4-18(11-24(21)44-15-29(34,35)36)22-13-42(40-39-22)25-12-27(25)9-8-19-10-20(30)5-7-23(19)41(26(27)43)14-28(31,32)33/h3-7,10-11,13,16,25H,8-9,12,14-15H2,1-2H3,(H,37,38)/b17-3-. The van der Waals surface area contributed by atoms with Crippen molar-refractivity contribution < 1.29 is 40.3 Å². The third-order valence-electron chi connectivity index (χ3n) is 7.62. The summed E-state index contributed by atoms with van der Waals surface area (Å²) in [4.78, 5) is 18.4. The van der Waals surface area contributed by atoms with Crippen molar-refractivity contribution in [2.45, 2.75) is 51.5 Å². The highest BCUT2D eigenvalue weighted by Gasteiger charge is 2.64. The third-order valence-corrected chi connectivity index (χ3v) is 7.62. The molecule has 1 aliphatic heterocycles. The second kappa shape index (κ2) is 11.6. The van der Waals surface area contributed by atoms with Gasteiger partial charge in [-0.15, -0.1) is 5.10 Å². The zero-order valence-electron chi connectivity index (χ0n) is 23.5. The molecule has 1 fully saturated rings. The van der Waals surface area contributed by atoms with E-state index in [0.717, 1.165) is 17.8 Å². The summed E-state index contributed by atoms with van der Waals surface area (Å²) in [6.07, 6.45) is -4.20. The Balaban J connectivity index is 1.41. The molecule has 1 N–H and O–H groups in total. The summed E-state index contributed by atoms with van der Waals surface area (Å²) in [6, 6.07) is 7.04. The van der Waals surface area contributed by atoms with Gasteiger partial charge in [-0.25, -0.2) is 14.1 Å². The van der Waals surface area contributed by atoms with E-state index in [-0.39, 0.29) is 42.1 Å². The minimum atomic E-state index is -4.69. The maximum Gasteiger partial charge on any atom is 0.422 e. The third kappa shape index (κ3) is 6.70. The number of aryl methyl sites for hydroxylation is 1. The Bertz CT molecular complexity index is 1610. The van der Waals surface area contributed by atoms with Gasteiger partial charge in [-0.3, -0.25) is 4.79 Å². The van der Waals surface area contributed by atoms with Crippen LogP contribution in [0.15, 0.2) is 59.4 Å². The van der Waals surface area contributed by atoms with Gasteiger partial charge in [0.1, 0.15) is 29.5 Å². The number of benzene rings is 2. The lowest BCUT2D eigenvalue weighted by Crippen LogP contribution is -2.43. The van der Waals surface area contributed by atoms with E-state index in [9.17, 15) is 35.5 Å². The molecule has 2 aliphatic rings. The molecule has 5 rings (SSSR count). The zero-order chi connectivity index (χ0) is 31.9. The van der Waals surface area contributed by atoms with Gasteiger partial charge in [0.2, 0.25) is 5.91 Å². The van der Waals surface area contributed by atoms with E-state index in [4.69, 9.17) is 4.74 Å². The fourth-order valence-corrected chi connectivity index (χ4v) is 5.23. The summed E-state index contributed by atoms with van der Waals surface area (Å²) >= 11 is 0. The van der Waals surface area contributed by atoms with Crippen LogP contribution in [0, 0.1) is 11.2 Å². The molecule has 2 atom stereocenters. The van der Waals surface area contributed by atoms with Gasteiger partial charge in [0.15, 0.2) is 6.61 Å². The summed E-state index contributed by atoms with van der Waals surface area (Å²) in [6.45, 7) is 0.490. The monoisotopic (exact) mass is 624 g/mol. The first kappa shape index (κ1) is 31.0. The van der Waals surface area contributed by atoms with E-state index in [2.05, 4.69) is 20.6 Å². The largest absolute Gasteiger partial charge is 0.482 e. The van der Waals surface area contributed by atoms with Crippen LogP contribution in [0.4, 0.5) is 42.1 Å². The molecule has 1 amide bonds. The Kier molecular flexibility index (Phi) is 8.16. The van der Waals surface area contributed by atoms with Crippen LogP contribution in [0.1, 0.15) is 38.3 Å². The van der Waals surface area contributed by atoms with E-state index in [1.165, 1.54) is 35.4 Å². The van der Waals surface area contributed by atoms with E-state index >= 15 is 0 Å². The molecule has 1 spiro atoms. The summed E-state index contributed by atoms with van der Waals surface area (Å²) in [5.41, 5.74) is 0.559. The molecule has 3 aromatic rings. The van der Waals surface area contributed by atoms with Crippen LogP contribution in [-0.4, -0.2) is 52.7 Å². The molecule has 1 aromatic heterocycles. The summed E-state index contributed by atoms with van der Waals surface area (Å²) in [7, 11) is 0. The van der Waals surface area contributed by atoms with Crippen molar-refractivity contribution in [2.75, 3.05) is 18.1 Å². The first-order valence-corrected chi connectivity index (χ1v) is 13.5. The number of carbonyl (C=O) groups excluding carboxylic acids is 1. The van der Waals surface area contributed by atoms with E-state index < -0.39 is 48.7 Å². The number of hydrogen-bond donors (Lipinski definition) is 1. The lowest BCUT2D eigenvalue weighted by Gasteiger charge is -2.27. The number of anilines is 1. The number of aromatic nitrogens is 3. The van der Waals surface area contributed by atoms with E-state index in [1.54, 1.807) is 26.0 Å². The summed E-state index contributed by atoms with van der Waals surface area (Å²) < 4.78 is 99.7. The minimum absolute atomic E-state index is 0.0146. The molecule has 2 aromatic carbocycles. The topological polar surface area (TPSA) is 84.6 Å². The first-order chi connectivity index (χ1) is 20.7. The zero-order valence-corrected chi connectivity index (χ0v) is 23.5. The highest BCUT2D eigenvalue weighted by atomic mass is 19.4. The lowest BCUT2D eigenvalue weighted by molar-refractivity contribution is -0.153. The Morgan fingerprint density at radius 3 is 2.64 bits per heavy atom. The number of halogens is 7. The van der Waals surface area contributed by atoms with Crippen molar-refractivity contribution >= 4 is 23.6 Å². The van der Waals surface area contributed by atoms with Crippen LogP contribution in [0.5, 0.6) is 5.75 Å². The number of nitrogens with zero attached hydrogens (tertiary/aromatic N) is 5. The van der Waals surface area contributed by atoms with Gasteiger partial charge in [0.05, 0.1) is 24.0 Å². The molecule has 2 unspecified atom stereocenters. The first-order valence-electron chi connectivity index (χ1n) is 13.5. The molecule has 1 saturated carbocycles. The van der Waals surface area contributed by atoms with Gasteiger partial charge in [-0.05, 0) is 69.0 Å². The normalized spacial score (nSPS) is 20.7. The predicted molar refractivity (Wildman–Crippen MR) is 147 cm³/mol. The van der Waals surface area contributed by atoms with Crippen molar-refractivity contribution in [3.05, 3.63) is 65.7 Å². The number of alkyl halides is 6. The molecule has 44 heavy (non-hydrogen) atoms. The van der Waals surface area contributed by atoms with Crippen LogP contribution in [0.2, 0.25) is 0 Å². The van der Waals surface area contributed by atoms with Crippen molar-refractivity contribution in [1.29, 1.82) is 0 Å².